The van der Waals surface area contributed by atoms with E-state index < -0.39 is 0 Å². The van der Waals surface area contributed by atoms with Crippen LogP contribution < -0.4 is 0 Å². The number of nitrogens with zero attached hydrogens (tertiary/aromatic N) is 2. The summed E-state index contributed by atoms with van der Waals surface area (Å²) in [5.74, 6) is 0.481. The summed E-state index contributed by atoms with van der Waals surface area (Å²) in [6.07, 6.45) is 1.74. The molecule has 0 aliphatic heterocycles. The van der Waals surface area contributed by atoms with Crippen molar-refractivity contribution < 1.29 is 4.42 Å². The standard InChI is InChI=1S/C11H7N3OS2/c16-11-14-13-9(15-11)8-6-12-10(17-8)7-4-2-1-3-5-7/h1-6H,(H,14,16). The molecule has 1 aromatic carbocycles. The minimum Gasteiger partial charge on any atom is -0.408 e. The van der Waals surface area contributed by atoms with Gasteiger partial charge in [0.1, 0.15) is 9.88 Å². The Labute approximate surface area is 106 Å². The highest BCUT2D eigenvalue weighted by Crippen LogP contribution is 2.30. The summed E-state index contributed by atoms with van der Waals surface area (Å²) in [7, 11) is 0. The zero-order valence-electron chi connectivity index (χ0n) is 8.58. The van der Waals surface area contributed by atoms with Crippen LogP contribution in [0.4, 0.5) is 0 Å². The predicted molar refractivity (Wildman–Crippen MR) is 68.2 cm³/mol. The maximum atomic E-state index is 5.24. The van der Waals surface area contributed by atoms with Gasteiger partial charge in [-0.2, -0.15) is 0 Å². The lowest BCUT2D eigenvalue weighted by Crippen LogP contribution is -1.71. The van der Waals surface area contributed by atoms with Gasteiger partial charge in [0.2, 0.25) is 0 Å². The summed E-state index contributed by atoms with van der Waals surface area (Å²) in [6.45, 7) is 0. The second-order valence-corrected chi connectivity index (χ2v) is 4.72. The molecule has 2 heterocycles. The first kappa shape index (κ1) is 10.4. The third-order valence-corrected chi connectivity index (χ3v) is 3.38. The fourth-order valence-corrected chi connectivity index (χ4v) is 2.39. The van der Waals surface area contributed by atoms with Gasteiger partial charge in [-0.3, -0.25) is 0 Å². The van der Waals surface area contributed by atoms with Gasteiger partial charge < -0.3 is 4.42 Å². The number of hydrogen-bond donors (Lipinski definition) is 1. The van der Waals surface area contributed by atoms with Crippen LogP contribution in [0.5, 0.6) is 0 Å². The monoisotopic (exact) mass is 261 g/mol. The second kappa shape index (κ2) is 4.23. The average molecular weight is 261 g/mol. The maximum Gasteiger partial charge on any atom is 0.284 e. The molecule has 17 heavy (non-hydrogen) atoms. The quantitative estimate of drug-likeness (QED) is 0.717. The van der Waals surface area contributed by atoms with Crippen LogP contribution in [0.15, 0.2) is 40.9 Å². The summed E-state index contributed by atoms with van der Waals surface area (Å²) < 4.78 is 5.24. The summed E-state index contributed by atoms with van der Waals surface area (Å²) >= 11 is 6.35. The largest absolute Gasteiger partial charge is 0.408 e. The second-order valence-electron chi connectivity index (χ2n) is 3.31. The summed E-state index contributed by atoms with van der Waals surface area (Å²) in [4.78, 5) is 5.47. The maximum absolute atomic E-state index is 5.24. The molecular formula is C11H7N3OS2. The Bertz CT molecular complexity index is 684. The molecule has 0 fully saturated rings. The van der Waals surface area contributed by atoms with Crippen LogP contribution in [-0.4, -0.2) is 15.2 Å². The SMILES string of the molecule is S=c1[nH]nc(-c2cnc(-c3ccccc3)s2)o1. The highest BCUT2D eigenvalue weighted by atomic mass is 32.1. The fourth-order valence-electron chi connectivity index (χ4n) is 1.42. The fraction of sp³-hybridized carbons (Fsp3) is 0. The van der Waals surface area contributed by atoms with Gasteiger partial charge in [-0.05, 0) is 12.2 Å². The number of H-pyrrole nitrogens is 1. The molecule has 0 aliphatic rings. The third-order valence-electron chi connectivity index (χ3n) is 2.18. The van der Waals surface area contributed by atoms with E-state index in [4.69, 9.17) is 16.6 Å². The van der Waals surface area contributed by atoms with E-state index in [-0.39, 0.29) is 4.84 Å². The molecule has 1 N–H and O–H groups in total. The van der Waals surface area contributed by atoms with E-state index in [2.05, 4.69) is 15.2 Å². The molecule has 3 rings (SSSR count). The van der Waals surface area contributed by atoms with Crippen molar-refractivity contribution in [2.75, 3.05) is 0 Å². The van der Waals surface area contributed by atoms with Crippen molar-refractivity contribution in [3.8, 4) is 21.3 Å². The number of aromatic amines is 1. The van der Waals surface area contributed by atoms with Gasteiger partial charge in [0, 0.05) is 5.56 Å². The molecule has 0 aliphatic carbocycles. The lowest BCUT2D eigenvalue weighted by atomic mass is 10.2. The molecule has 4 nitrogen and oxygen atoms in total. The Hall–Kier alpha value is -1.79. The minimum absolute atomic E-state index is 0.273. The zero-order chi connectivity index (χ0) is 11.7. The van der Waals surface area contributed by atoms with Gasteiger partial charge in [-0.25, -0.2) is 10.1 Å². The van der Waals surface area contributed by atoms with E-state index in [1.54, 1.807) is 6.20 Å². The first-order chi connectivity index (χ1) is 8.33. The molecule has 0 saturated heterocycles. The molecule has 0 radical (unpaired) electrons. The molecule has 6 heteroatoms. The Morgan fingerprint density at radius 3 is 2.76 bits per heavy atom. The molecule has 0 saturated carbocycles. The van der Waals surface area contributed by atoms with E-state index in [1.165, 1.54) is 11.3 Å². The van der Waals surface area contributed by atoms with Gasteiger partial charge in [-0.1, -0.05) is 30.3 Å². The normalized spacial score (nSPS) is 10.6. The van der Waals surface area contributed by atoms with Crippen molar-refractivity contribution in [1.29, 1.82) is 0 Å². The van der Waals surface area contributed by atoms with E-state index >= 15 is 0 Å². The molecule has 0 bridgehead atoms. The smallest absolute Gasteiger partial charge is 0.284 e. The number of nitrogens with one attached hydrogen (secondary N) is 1. The average Bonchev–Trinajstić information content (AvgIpc) is 2.98. The number of benzene rings is 1. The molecular weight excluding hydrogens is 254 g/mol. The van der Waals surface area contributed by atoms with Gasteiger partial charge >= 0.3 is 0 Å². The van der Waals surface area contributed by atoms with Crippen molar-refractivity contribution in [3.63, 3.8) is 0 Å². The summed E-state index contributed by atoms with van der Waals surface area (Å²) in [6, 6.07) is 9.98. The van der Waals surface area contributed by atoms with Crippen molar-refractivity contribution in [2.24, 2.45) is 0 Å². The molecule has 84 valence electrons. The lowest BCUT2D eigenvalue weighted by molar-refractivity contribution is 0.553. The van der Waals surface area contributed by atoms with Crippen LogP contribution in [0.25, 0.3) is 21.3 Å². The number of hydrogen-bond acceptors (Lipinski definition) is 5. The van der Waals surface area contributed by atoms with Crippen LogP contribution >= 0.6 is 23.6 Å². The number of thiazole rings is 1. The number of rotatable bonds is 2. The lowest BCUT2D eigenvalue weighted by Gasteiger charge is -1.92. The Morgan fingerprint density at radius 2 is 2.06 bits per heavy atom. The summed E-state index contributed by atoms with van der Waals surface area (Å²) in [5, 5.41) is 7.50. The third kappa shape index (κ3) is 2.04. The van der Waals surface area contributed by atoms with E-state index in [9.17, 15) is 0 Å². The number of aromatic nitrogens is 3. The molecule has 0 amide bonds. The highest BCUT2D eigenvalue weighted by Gasteiger charge is 2.10. The molecule has 0 spiro atoms. The van der Waals surface area contributed by atoms with E-state index in [0.717, 1.165) is 15.4 Å². The van der Waals surface area contributed by atoms with Crippen LogP contribution in [0.1, 0.15) is 0 Å². The molecule has 0 atom stereocenters. The van der Waals surface area contributed by atoms with Crippen molar-refractivity contribution in [3.05, 3.63) is 41.4 Å². The van der Waals surface area contributed by atoms with Gasteiger partial charge in [0.05, 0.1) is 6.20 Å². The van der Waals surface area contributed by atoms with Crippen LogP contribution in [0.2, 0.25) is 0 Å². The van der Waals surface area contributed by atoms with Crippen LogP contribution in [0, 0.1) is 4.84 Å². The van der Waals surface area contributed by atoms with Crippen LogP contribution in [-0.2, 0) is 0 Å². The molecule has 3 aromatic rings. The van der Waals surface area contributed by atoms with Gasteiger partial charge in [0.25, 0.3) is 10.7 Å². The first-order valence-corrected chi connectivity index (χ1v) is 6.12. The Balaban J connectivity index is 2.01. The van der Waals surface area contributed by atoms with Gasteiger partial charge in [-0.15, -0.1) is 16.4 Å². The van der Waals surface area contributed by atoms with Crippen molar-refractivity contribution in [2.45, 2.75) is 0 Å². The van der Waals surface area contributed by atoms with Crippen molar-refractivity contribution >= 4 is 23.6 Å². The minimum atomic E-state index is 0.273. The van der Waals surface area contributed by atoms with Gasteiger partial charge in [0.15, 0.2) is 0 Å². The first-order valence-electron chi connectivity index (χ1n) is 4.90. The predicted octanol–water partition coefficient (Wildman–Crippen LogP) is 3.52. The Kier molecular flexibility index (Phi) is 2.58. The highest BCUT2D eigenvalue weighted by molar-refractivity contribution is 7.71. The van der Waals surface area contributed by atoms with Crippen molar-refractivity contribution in [1.82, 2.24) is 15.2 Å². The zero-order valence-corrected chi connectivity index (χ0v) is 10.2. The van der Waals surface area contributed by atoms with E-state index in [1.807, 2.05) is 30.3 Å². The topological polar surface area (TPSA) is 54.7 Å². The molecule has 0 unspecified atom stereocenters. The summed E-state index contributed by atoms with van der Waals surface area (Å²) in [5.41, 5.74) is 1.08. The van der Waals surface area contributed by atoms with Crippen LogP contribution in [0.3, 0.4) is 0 Å². The molecule has 2 aromatic heterocycles. The Morgan fingerprint density at radius 1 is 1.24 bits per heavy atom. The van der Waals surface area contributed by atoms with E-state index in [0.29, 0.717) is 5.89 Å².